The molecule has 0 radical (unpaired) electrons. The number of carbonyl (C=O) groups excluding carboxylic acids is 1. The molecule has 0 spiro atoms. The van der Waals surface area contributed by atoms with Crippen molar-refractivity contribution in [3.63, 3.8) is 0 Å². The average Bonchev–Trinajstić information content (AvgIpc) is 3.17. The molecule has 4 rings (SSSR count). The van der Waals surface area contributed by atoms with Gasteiger partial charge in [-0.2, -0.15) is 0 Å². The fraction of sp³-hybridized carbons (Fsp3) is 0.480. The lowest BCUT2D eigenvalue weighted by Crippen LogP contribution is -2.48. The summed E-state index contributed by atoms with van der Waals surface area (Å²) in [7, 11) is 0. The first-order chi connectivity index (χ1) is 14.9. The van der Waals surface area contributed by atoms with Gasteiger partial charge in [-0.3, -0.25) is 14.6 Å². The van der Waals surface area contributed by atoms with Gasteiger partial charge < -0.3 is 15.1 Å². The molecule has 2 aliphatic heterocycles. The molecule has 2 aliphatic rings. The average molecular weight is 424 g/mol. The van der Waals surface area contributed by atoms with E-state index in [0.29, 0.717) is 31.1 Å². The number of rotatable bonds is 5. The molecule has 6 nitrogen and oxygen atoms in total. The standard InChI is InChI=1S/C25H33N3O3/c1-4-19-12-22(24(30)13-23(19)29)25(31)28-15-20-6-5-18(11-21(20)16-28)14-26-7-9-27(10-8-26)17(2)3/h5-6,11-13,17,29-30H,4,7-10,14-16H2,1-3H3. The highest BCUT2D eigenvalue weighted by atomic mass is 16.3. The van der Waals surface area contributed by atoms with Gasteiger partial charge in [0.05, 0.1) is 5.56 Å². The highest BCUT2D eigenvalue weighted by molar-refractivity contribution is 5.97. The van der Waals surface area contributed by atoms with Crippen LogP contribution in [0.15, 0.2) is 30.3 Å². The minimum absolute atomic E-state index is 0.0279. The van der Waals surface area contributed by atoms with Gasteiger partial charge in [-0.15, -0.1) is 0 Å². The number of benzene rings is 2. The van der Waals surface area contributed by atoms with Crippen LogP contribution in [0.25, 0.3) is 0 Å². The summed E-state index contributed by atoms with van der Waals surface area (Å²) < 4.78 is 0. The fourth-order valence-corrected chi connectivity index (χ4v) is 4.63. The predicted octanol–water partition coefficient (Wildman–Crippen LogP) is 3.34. The van der Waals surface area contributed by atoms with Crippen LogP contribution in [0.2, 0.25) is 0 Å². The zero-order chi connectivity index (χ0) is 22.1. The molecule has 6 heteroatoms. The van der Waals surface area contributed by atoms with E-state index in [1.54, 1.807) is 11.0 Å². The Morgan fingerprint density at radius 1 is 0.968 bits per heavy atom. The second-order valence-electron chi connectivity index (χ2n) is 9.02. The second kappa shape index (κ2) is 8.89. The number of phenolic OH excluding ortho intramolecular Hbond substituents is 2. The summed E-state index contributed by atoms with van der Waals surface area (Å²) in [5, 5.41) is 20.1. The van der Waals surface area contributed by atoms with Crippen molar-refractivity contribution in [2.75, 3.05) is 26.2 Å². The smallest absolute Gasteiger partial charge is 0.258 e. The van der Waals surface area contributed by atoms with Crippen molar-refractivity contribution in [1.82, 2.24) is 14.7 Å². The Kier molecular flexibility index (Phi) is 6.21. The number of piperazine rings is 1. The van der Waals surface area contributed by atoms with E-state index >= 15 is 0 Å². The largest absolute Gasteiger partial charge is 0.508 e. The zero-order valence-electron chi connectivity index (χ0n) is 18.8. The van der Waals surface area contributed by atoms with Gasteiger partial charge in [-0.05, 0) is 48.6 Å². The molecule has 0 bridgehead atoms. The molecule has 1 amide bonds. The Morgan fingerprint density at radius 3 is 2.35 bits per heavy atom. The first-order valence-corrected chi connectivity index (χ1v) is 11.3. The number of hydrogen-bond donors (Lipinski definition) is 2. The summed E-state index contributed by atoms with van der Waals surface area (Å²) in [4.78, 5) is 19.9. The summed E-state index contributed by atoms with van der Waals surface area (Å²) in [5.74, 6) is -0.341. The van der Waals surface area contributed by atoms with Gasteiger partial charge in [-0.25, -0.2) is 0 Å². The molecule has 2 heterocycles. The van der Waals surface area contributed by atoms with E-state index in [4.69, 9.17) is 0 Å². The fourth-order valence-electron chi connectivity index (χ4n) is 4.63. The molecule has 1 saturated heterocycles. The van der Waals surface area contributed by atoms with Crippen molar-refractivity contribution in [1.29, 1.82) is 0 Å². The van der Waals surface area contributed by atoms with Crippen LogP contribution in [-0.2, 0) is 26.1 Å². The summed E-state index contributed by atoms with van der Waals surface area (Å²) in [6.45, 7) is 12.8. The van der Waals surface area contributed by atoms with Crippen LogP contribution in [0.4, 0.5) is 0 Å². The normalized spacial score (nSPS) is 17.4. The van der Waals surface area contributed by atoms with E-state index in [9.17, 15) is 15.0 Å². The molecular formula is C25H33N3O3. The Hall–Kier alpha value is -2.57. The number of carbonyl (C=O) groups is 1. The quantitative estimate of drug-likeness (QED) is 0.772. The maximum atomic E-state index is 13.1. The van der Waals surface area contributed by atoms with Crippen LogP contribution in [-0.4, -0.2) is 63.0 Å². The monoisotopic (exact) mass is 423 g/mol. The van der Waals surface area contributed by atoms with Crippen molar-refractivity contribution in [2.24, 2.45) is 0 Å². The first kappa shape index (κ1) is 21.7. The van der Waals surface area contributed by atoms with Crippen LogP contribution >= 0.6 is 0 Å². The SMILES string of the molecule is CCc1cc(C(=O)N2Cc3ccc(CN4CCN(C(C)C)CC4)cc3C2)c(O)cc1O. The molecule has 2 aromatic rings. The topological polar surface area (TPSA) is 67.3 Å². The van der Waals surface area contributed by atoms with Crippen LogP contribution < -0.4 is 0 Å². The molecule has 0 atom stereocenters. The molecular weight excluding hydrogens is 390 g/mol. The summed E-state index contributed by atoms with van der Waals surface area (Å²) in [5.41, 5.74) is 4.55. The lowest BCUT2D eigenvalue weighted by Gasteiger charge is -2.37. The van der Waals surface area contributed by atoms with Gasteiger partial charge in [-0.1, -0.05) is 25.1 Å². The maximum Gasteiger partial charge on any atom is 0.258 e. The van der Waals surface area contributed by atoms with Gasteiger partial charge >= 0.3 is 0 Å². The van der Waals surface area contributed by atoms with Crippen molar-refractivity contribution < 1.29 is 15.0 Å². The number of phenols is 2. The number of amides is 1. The maximum absolute atomic E-state index is 13.1. The summed E-state index contributed by atoms with van der Waals surface area (Å²) in [6.07, 6.45) is 0.599. The van der Waals surface area contributed by atoms with Crippen molar-refractivity contribution in [2.45, 2.75) is 52.9 Å². The van der Waals surface area contributed by atoms with E-state index in [2.05, 4.69) is 41.8 Å². The third-order valence-electron chi connectivity index (χ3n) is 6.63. The van der Waals surface area contributed by atoms with Crippen LogP contribution in [0.3, 0.4) is 0 Å². The van der Waals surface area contributed by atoms with Gasteiger partial charge in [0.1, 0.15) is 11.5 Å². The van der Waals surface area contributed by atoms with Crippen molar-refractivity contribution in [3.05, 3.63) is 58.1 Å². The molecule has 166 valence electrons. The van der Waals surface area contributed by atoms with Gasteiger partial charge in [0.2, 0.25) is 0 Å². The lowest BCUT2D eigenvalue weighted by atomic mass is 10.1. The van der Waals surface area contributed by atoms with Crippen LogP contribution in [0, 0.1) is 0 Å². The molecule has 31 heavy (non-hydrogen) atoms. The van der Waals surface area contributed by atoms with Crippen molar-refractivity contribution >= 4 is 5.91 Å². The summed E-state index contributed by atoms with van der Waals surface area (Å²) >= 11 is 0. The highest BCUT2D eigenvalue weighted by Crippen LogP contribution is 2.32. The number of aryl methyl sites for hydroxylation is 1. The molecule has 0 saturated carbocycles. The van der Waals surface area contributed by atoms with Crippen LogP contribution in [0.5, 0.6) is 11.5 Å². The Balaban J connectivity index is 1.42. The molecule has 0 aliphatic carbocycles. The zero-order valence-corrected chi connectivity index (χ0v) is 18.8. The third-order valence-corrected chi connectivity index (χ3v) is 6.63. The predicted molar refractivity (Wildman–Crippen MR) is 121 cm³/mol. The van der Waals surface area contributed by atoms with E-state index in [1.807, 2.05) is 6.92 Å². The van der Waals surface area contributed by atoms with Gasteiger partial charge in [0.25, 0.3) is 5.91 Å². The van der Waals surface area contributed by atoms with Crippen LogP contribution in [0.1, 0.15) is 53.4 Å². The Bertz CT molecular complexity index is 965. The highest BCUT2D eigenvalue weighted by Gasteiger charge is 2.27. The Morgan fingerprint density at radius 2 is 1.68 bits per heavy atom. The molecule has 2 N–H and O–H groups in total. The third kappa shape index (κ3) is 4.55. The van der Waals surface area contributed by atoms with E-state index in [-0.39, 0.29) is 23.0 Å². The molecule has 0 aromatic heterocycles. The Labute approximate surface area is 184 Å². The van der Waals surface area contributed by atoms with E-state index < -0.39 is 0 Å². The first-order valence-electron chi connectivity index (χ1n) is 11.3. The second-order valence-corrected chi connectivity index (χ2v) is 9.02. The summed E-state index contributed by atoms with van der Waals surface area (Å²) in [6, 6.07) is 10.0. The number of fused-ring (bicyclic) bond motifs is 1. The number of hydrogen-bond acceptors (Lipinski definition) is 5. The van der Waals surface area contributed by atoms with E-state index in [0.717, 1.165) is 38.3 Å². The number of aromatic hydroxyl groups is 2. The number of nitrogens with zero attached hydrogens (tertiary/aromatic N) is 3. The van der Waals surface area contributed by atoms with Gasteiger partial charge in [0.15, 0.2) is 0 Å². The van der Waals surface area contributed by atoms with Crippen molar-refractivity contribution in [3.8, 4) is 11.5 Å². The minimum Gasteiger partial charge on any atom is -0.508 e. The van der Waals surface area contributed by atoms with Gasteiger partial charge in [0, 0.05) is 57.9 Å². The van der Waals surface area contributed by atoms with E-state index in [1.165, 1.54) is 17.2 Å². The molecule has 0 unspecified atom stereocenters. The molecule has 2 aromatic carbocycles. The minimum atomic E-state index is -0.199. The lowest BCUT2D eigenvalue weighted by molar-refractivity contribution is 0.0748. The molecule has 1 fully saturated rings.